The van der Waals surface area contributed by atoms with Crippen molar-refractivity contribution in [3.63, 3.8) is 0 Å². The van der Waals surface area contributed by atoms with Gasteiger partial charge in [0.25, 0.3) is 7.82 Å². The maximum atomic E-state index is 12.7. The lowest BCUT2D eigenvalue weighted by Gasteiger charge is -2.28. The number of quaternary nitrogens is 1. The van der Waals surface area contributed by atoms with Gasteiger partial charge in [-0.25, -0.2) is 0 Å². The molecule has 9 heteroatoms. The Labute approximate surface area is 341 Å². The van der Waals surface area contributed by atoms with E-state index in [1.807, 2.05) is 27.2 Å². The smallest absolute Gasteiger partial charge is 0.306 e. The highest BCUT2D eigenvalue weighted by molar-refractivity contribution is 7.45. The molecule has 0 amide bonds. The van der Waals surface area contributed by atoms with E-state index < -0.39 is 13.9 Å². The van der Waals surface area contributed by atoms with Gasteiger partial charge in [0.05, 0.1) is 34.0 Å². The van der Waals surface area contributed by atoms with E-state index in [4.69, 9.17) is 18.5 Å². The SMILES string of the molecule is CCCCCCCCCC/C=C\CCCCCCCCCC(=O)O[C@H](CO/C=C\CCCCCCCCCCCCCC)COP(=O)([O-])OCC[N+](C)(C)C. The normalized spacial score (nSPS) is 13.9. The zero-order valence-electron chi connectivity index (χ0n) is 36.9. The second-order valence-electron chi connectivity index (χ2n) is 16.8. The van der Waals surface area contributed by atoms with Crippen molar-refractivity contribution in [1.82, 2.24) is 0 Å². The summed E-state index contributed by atoms with van der Waals surface area (Å²) in [5, 5.41) is 0. The molecule has 0 saturated carbocycles. The fourth-order valence-electron chi connectivity index (χ4n) is 6.45. The molecule has 0 saturated heterocycles. The molecule has 0 aromatic carbocycles. The van der Waals surface area contributed by atoms with E-state index >= 15 is 0 Å². The molecule has 2 atom stereocenters. The first-order valence-electron chi connectivity index (χ1n) is 23.1. The number of unbranched alkanes of at least 4 members (excludes halogenated alkanes) is 27. The third-order valence-corrected chi connectivity index (χ3v) is 11.0. The minimum atomic E-state index is -4.54. The fourth-order valence-corrected chi connectivity index (χ4v) is 7.18. The molecule has 0 bridgehead atoms. The van der Waals surface area contributed by atoms with Crippen LogP contribution in [0.2, 0.25) is 0 Å². The van der Waals surface area contributed by atoms with Gasteiger partial charge in [-0.2, -0.15) is 0 Å². The largest absolute Gasteiger partial charge is 0.756 e. The molecule has 0 fully saturated rings. The van der Waals surface area contributed by atoms with E-state index in [1.165, 1.54) is 161 Å². The first-order chi connectivity index (χ1) is 26.6. The number of esters is 1. The number of allylic oxidation sites excluding steroid dienone is 3. The molecule has 0 aromatic heterocycles. The van der Waals surface area contributed by atoms with Crippen molar-refractivity contribution >= 4 is 13.8 Å². The molecule has 0 aliphatic carbocycles. The van der Waals surface area contributed by atoms with Gasteiger partial charge in [-0.3, -0.25) is 9.36 Å². The number of hydrogen-bond acceptors (Lipinski definition) is 7. The van der Waals surface area contributed by atoms with Crippen molar-refractivity contribution in [3.05, 3.63) is 24.5 Å². The van der Waals surface area contributed by atoms with E-state index in [-0.39, 0.29) is 25.8 Å². The minimum absolute atomic E-state index is 0.0174. The number of ether oxygens (including phenoxy) is 2. The number of rotatable bonds is 43. The van der Waals surface area contributed by atoms with Crippen molar-refractivity contribution < 1.29 is 37.3 Å². The Kier molecular flexibility index (Phi) is 38.8. The number of phosphoric acid groups is 1. The van der Waals surface area contributed by atoms with Gasteiger partial charge in [-0.05, 0) is 51.0 Å². The summed E-state index contributed by atoms with van der Waals surface area (Å²) in [7, 11) is 1.33. The molecule has 55 heavy (non-hydrogen) atoms. The summed E-state index contributed by atoms with van der Waals surface area (Å²) in [6, 6.07) is 0. The molecule has 326 valence electrons. The number of phosphoric ester groups is 1. The molecule has 1 unspecified atom stereocenters. The van der Waals surface area contributed by atoms with Gasteiger partial charge in [-0.15, -0.1) is 0 Å². The lowest BCUT2D eigenvalue weighted by atomic mass is 10.0. The lowest BCUT2D eigenvalue weighted by Crippen LogP contribution is -2.37. The van der Waals surface area contributed by atoms with Gasteiger partial charge in [0.1, 0.15) is 19.8 Å². The number of likely N-dealkylation sites (N-methyl/N-ethyl adjacent to an activating group) is 1. The number of hydrogen-bond donors (Lipinski definition) is 0. The molecule has 0 heterocycles. The first kappa shape index (κ1) is 53.8. The molecular formula is C46H90NO7P. The van der Waals surface area contributed by atoms with Crippen LogP contribution in [0.5, 0.6) is 0 Å². The average molecular weight is 800 g/mol. The summed E-state index contributed by atoms with van der Waals surface area (Å²) in [5.41, 5.74) is 0. The van der Waals surface area contributed by atoms with Crippen molar-refractivity contribution in [2.45, 2.75) is 219 Å². The van der Waals surface area contributed by atoms with Gasteiger partial charge in [-0.1, -0.05) is 174 Å². The van der Waals surface area contributed by atoms with Crippen LogP contribution >= 0.6 is 7.82 Å². The highest BCUT2D eigenvalue weighted by atomic mass is 31.2. The Balaban J connectivity index is 4.23. The first-order valence-corrected chi connectivity index (χ1v) is 24.6. The Morgan fingerprint density at radius 1 is 0.564 bits per heavy atom. The fraction of sp³-hybridized carbons (Fsp3) is 0.891. The molecule has 0 rings (SSSR count). The number of nitrogens with zero attached hydrogens (tertiary/aromatic N) is 1. The molecule has 0 aliphatic heterocycles. The zero-order chi connectivity index (χ0) is 40.6. The Bertz CT molecular complexity index is 936. The van der Waals surface area contributed by atoms with Crippen LogP contribution in [0.25, 0.3) is 0 Å². The summed E-state index contributed by atoms with van der Waals surface area (Å²) in [6.07, 6.45) is 45.7. The molecule has 0 aromatic rings. The van der Waals surface area contributed by atoms with Crippen LogP contribution in [0.1, 0.15) is 213 Å². The second-order valence-corrected chi connectivity index (χ2v) is 18.2. The second kappa shape index (κ2) is 39.6. The highest BCUT2D eigenvalue weighted by Gasteiger charge is 2.20. The minimum Gasteiger partial charge on any atom is -0.756 e. The lowest BCUT2D eigenvalue weighted by molar-refractivity contribution is -0.870. The molecule has 0 aliphatic rings. The molecule has 8 nitrogen and oxygen atoms in total. The van der Waals surface area contributed by atoms with Crippen molar-refractivity contribution in [1.29, 1.82) is 0 Å². The van der Waals surface area contributed by atoms with Gasteiger partial charge in [0, 0.05) is 6.42 Å². The van der Waals surface area contributed by atoms with Crippen LogP contribution in [0.3, 0.4) is 0 Å². The van der Waals surface area contributed by atoms with E-state index in [0.29, 0.717) is 17.4 Å². The van der Waals surface area contributed by atoms with Crippen LogP contribution in [-0.4, -0.2) is 64.1 Å². The average Bonchev–Trinajstić information content (AvgIpc) is 3.13. The van der Waals surface area contributed by atoms with E-state index in [9.17, 15) is 14.3 Å². The van der Waals surface area contributed by atoms with Gasteiger partial charge in [0.2, 0.25) is 0 Å². The predicted octanol–water partition coefficient (Wildman–Crippen LogP) is 13.3. The predicted molar refractivity (Wildman–Crippen MR) is 231 cm³/mol. The van der Waals surface area contributed by atoms with Crippen molar-refractivity contribution in [2.24, 2.45) is 0 Å². The zero-order valence-corrected chi connectivity index (χ0v) is 37.8. The molecular weight excluding hydrogens is 709 g/mol. The van der Waals surface area contributed by atoms with E-state index in [1.54, 1.807) is 6.26 Å². The van der Waals surface area contributed by atoms with Crippen LogP contribution in [0, 0.1) is 0 Å². The van der Waals surface area contributed by atoms with Gasteiger partial charge < -0.3 is 27.9 Å². The Hall–Kier alpha value is -1.18. The van der Waals surface area contributed by atoms with Gasteiger partial charge >= 0.3 is 5.97 Å². The third kappa shape index (κ3) is 43.8. The standard InChI is InChI=1S/C46H90NO7P/c1-6-8-10-12-14-16-18-20-22-23-24-25-26-27-29-31-33-35-37-39-46(48)54-45(44-53-55(49,50)52-42-40-47(3,4)5)43-51-41-38-36-34-32-30-28-21-19-17-15-13-11-9-7-2/h23-24,38,41,45H,6-22,25-37,39-40,42-44H2,1-5H3/b24-23-,41-38-/t45-/m1/s1. The maximum absolute atomic E-state index is 12.7. The van der Waals surface area contributed by atoms with Crippen LogP contribution in [0.4, 0.5) is 0 Å². The van der Waals surface area contributed by atoms with Gasteiger partial charge in [0.15, 0.2) is 6.10 Å². The number of carbonyl (C=O) groups excluding carboxylic acids is 1. The van der Waals surface area contributed by atoms with Crippen molar-refractivity contribution in [2.75, 3.05) is 47.5 Å². The molecule has 0 radical (unpaired) electrons. The van der Waals surface area contributed by atoms with Crippen LogP contribution in [-0.2, 0) is 27.9 Å². The topological polar surface area (TPSA) is 94.1 Å². The third-order valence-electron chi connectivity index (χ3n) is 10.1. The maximum Gasteiger partial charge on any atom is 0.306 e. The van der Waals surface area contributed by atoms with E-state index in [0.717, 1.165) is 32.1 Å². The summed E-state index contributed by atoms with van der Waals surface area (Å²) in [4.78, 5) is 25.0. The quantitative estimate of drug-likeness (QED) is 0.0151. The highest BCUT2D eigenvalue weighted by Crippen LogP contribution is 2.38. The Morgan fingerprint density at radius 3 is 1.40 bits per heavy atom. The molecule has 0 spiro atoms. The molecule has 0 N–H and O–H groups in total. The number of carbonyl (C=O) groups is 1. The van der Waals surface area contributed by atoms with Crippen molar-refractivity contribution in [3.8, 4) is 0 Å². The summed E-state index contributed by atoms with van der Waals surface area (Å²) >= 11 is 0. The van der Waals surface area contributed by atoms with Crippen LogP contribution < -0.4 is 4.89 Å². The van der Waals surface area contributed by atoms with E-state index in [2.05, 4.69) is 26.0 Å². The Morgan fingerprint density at radius 2 is 0.964 bits per heavy atom. The van der Waals surface area contributed by atoms with Crippen LogP contribution in [0.15, 0.2) is 24.5 Å². The summed E-state index contributed by atoms with van der Waals surface area (Å²) < 4.78 is 34.4. The monoisotopic (exact) mass is 800 g/mol. The summed E-state index contributed by atoms with van der Waals surface area (Å²) in [5.74, 6) is -0.358. The summed E-state index contributed by atoms with van der Waals surface area (Å²) in [6.45, 7) is 4.75.